The van der Waals surface area contributed by atoms with Crippen LogP contribution in [0.2, 0.25) is 0 Å². The molecular formula is C50H80N12O13. The Labute approximate surface area is 437 Å². The molecule has 0 radical (unpaired) electrons. The summed E-state index contributed by atoms with van der Waals surface area (Å²) in [5.41, 5.74) is 18.0. The molecule has 0 bridgehead atoms. The van der Waals surface area contributed by atoms with Gasteiger partial charge in [0.2, 0.25) is 47.3 Å². The molecule has 3 rings (SSSR count). The quantitative estimate of drug-likeness (QED) is 0.0239. The number of nitrogens with zero attached hydrogens (tertiary/aromatic N) is 3. The Balaban J connectivity index is 1.84. The molecule has 418 valence electrons. The molecule has 10 atom stereocenters. The van der Waals surface area contributed by atoms with Crippen molar-refractivity contribution in [3.8, 4) is 0 Å². The van der Waals surface area contributed by atoms with Gasteiger partial charge < -0.3 is 74.2 Å². The number of nitrogens with two attached hydrogens (primary N) is 3. The van der Waals surface area contributed by atoms with Crippen molar-refractivity contribution >= 4 is 65.2 Å². The fourth-order valence-corrected chi connectivity index (χ4v) is 9.01. The number of carboxylic acids is 2. The normalized spacial score (nSPS) is 18.6. The van der Waals surface area contributed by atoms with Gasteiger partial charge in [-0.25, -0.2) is 4.79 Å². The molecule has 2 heterocycles. The molecule has 0 aliphatic carbocycles. The molecule has 0 aromatic heterocycles. The summed E-state index contributed by atoms with van der Waals surface area (Å²) in [5.74, 6) is -10.2. The van der Waals surface area contributed by atoms with Crippen LogP contribution in [-0.2, 0) is 54.4 Å². The van der Waals surface area contributed by atoms with E-state index in [1.807, 2.05) is 19.9 Å². The number of likely N-dealkylation sites (tertiary alicyclic amines) is 2. The van der Waals surface area contributed by atoms with Gasteiger partial charge in [0.25, 0.3) is 0 Å². The van der Waals surface area contributed by atoms with Crippen LogP contribution in [0.4, 0.5) is 0 Å². The largest absolute Gasteiger partial charge is 0.481 e. The highest BCUT2D eigenvalue weighted by Crippen LogP contribution is 2.24. The highest BCUT2D eigenvalue weighted by atomic mass is 16.4. The molecule has 25 nitrogen and oxygen atoms in total. The predicted molar refractivity (Wildman–Crippen MR) is 274 cm³/mol. The Bertz CT molecular complexity index is 2190. The molecule has 2 aliphatic rings. The van der Waals surface area contributed by atoms with Crippen molar-refractivity contribution in [1.29, 1.82) is 0 Å². The average Bonchev–Trinajstić information content (AvgIpc) is 4.03. The van der Waals surface area contributed by atoms with Gasteiger partial charge in [0.15, 0.2) is 5.96 Å². The predicted octanol–water partition coefficient (Wildman–Crippen LogP) is -1.81. The first kappa shape index (κ1) is 62.4. The zero-order valence-corrected chi connectivity index (χ0v) is 44.1. The number of hydrogen-bond donors (Lipinski definition) is 12. The number of amides is 8. The number of aliphatic carboxylic acids is 2. The number of carbonyl (C=O) groups excluding carboxylic acids is 8. The molecule has 2 fully saturated rings. The van der Waals surface area contributed by atoms with Crippen molar-refractivity contribution in [2.24, 2.45) is 39.9 Å². The smallest absolute Gasteiger partial charge is 0.326 e. The van der Waals surface area contributed by atoms with Gasteiger partial charge in [-0.15, -0.1) is 0 Å². The highest BCUT2D eigenvalue weighted by Gasteiger charge is 2.43. The summed E-state index contributed by atoms with van der Waals surface area (Å²) >= 11 is 0. The third-order valence-electron chi connectivity index (χ3n) is 12.8. The van der Waals surface area contributed by atoms with E-state index in [9.17, 15) is 63.3 Å². The Hall–Kier alpha value is -6.89. The minimum atomic E-state index is -1.67. The lowest BCUT2D eigenvalue weighted by Crippen LogP contribution is -2.61. The minimum absolute atomic E-state index is 0.00453. The number of rotatable bonds is 29. The lowest BCUT2D eigenvalue weighted by Gasteiger charge is -2.32. The average molecular weight is 1060 g/mol. The van der Waals surface area contributed by atoms with E-state index in [-0.39, 0.29) is 82.4 Å². The Kier molecular flexibility index (Phi) is 24.8. The van der Waals surface area contributed by atoms with E-state index in [1.165, 1.54) is 11.8 Å². The van der Waals surface area contributed by atoms with Crippen molar-refractivity contribution < 1.29 is 63.3 Å². The Morgan fingerprint density at radius 1 is 0.640 bits per heavy atom. The molecule has 1 aromatic carbocycles. The van der Waals surface area contributed by atoms with Crippen LogP contribution in [0, 0.1) is 17.8 Å². The van der Waals surface area contributed by atoms with Crippen LogP contribution in [0.5, 0.6) is 0 Å². The fourth-order valence-electron chi connectivity index (χ4n) is 9.01. The molecule has 8 amide bonds. The van der Waals surface area contributed by atoms with Gasteiger partial charge in [-0.05, 0) is 88.0 Å². The lowest BCUT2D eigenvalue weighted by molar-refractivity contribution is -0.147. The van der Waals surface area contributed by atoms with Gasteiger partial charge in [-0.1, -0.05) is 71.9 Å². The van der Waals surface area contributed by atoms with Gasteiger partial charge in [-0.3, -0.25) is 48.1 Å². The van der Waals surface area contributed by atoms with Crippen molar-refractivity contribution in [2.75, 3.05) is 19.6 Å². The maximum Gasteiger partial charge on any atom is 0.326 e. The number of aliphatic hydroxyl groups is 1. The number of carboxylic acid groups (broad SMARTS) is 2. The molecule has 2 saturated heterocycles. The SMILES string of the molecule is CC(C)CC(NC(=O)C(N)Cc1ccccc1)C(=O)NC(CC(=O)O)C(=O)N1CCCC1C(=O)NC(CCCN=C(N)N)C(=O)N1CCCC1C(=O)NC(CC(C)C)C(=O)NC(C(=O)NC(C(=O)O)C(C)C)C(C)O. The summed E-state index contributed by atoms with van der Waals surface area (Å²) in [6, 6.07) is -2.76. The Morgan fingerprint density at radius 2 is 1.12 bits per heavy atom. The number of nitrogens with one attached hydrogen (secondary N) is 6. The highest BCUT2D eigenvalue weighted by molar-refractivity contribution is 5.99. The standard InChI is InChI=1S/C50H80N12O13/c1-26(2)22-33(56-41(66)31(51)24-30-14-9-8-10-15-30)42(67)58-35(25-38(64)65)48(73)62-21-13-17-36(62)44(69)55-32(16-11-19-54-50(52)53)47(72)61-20-12-18-37(61)45(70)57-34(23-27(3)4)43(68)60-40(29(7)63)46(71)59-39(28(5)6)49(74)75/h8-10,14-15,26-29,31-37,39-40,63H,11-13,16-25,51H2,1-7H3,(H,55,69)(H,56,66)(H,57,70)(H,58,67)(H,59,71)(H,60,68)(H,64,65)(H,74,75)(H4,52,53,54). The molecule has 75 heavy (non-hydrogen) atoms. The van der Waals surface area contributed by atoms with Gasteiger partial charge >= 0.3 is 11.9 Å². The maximum absolute atomic E-state index is 14.6. The molecular weight excluding hydrogens is 977 g/mol. The third kappa shape index (κ3) is 19.7. The second-order valence-electron chi connectivity index (χ2n) is 20.5. The lowest BCUT2D eigenvalue weighted by atomic mass is 10.0. The van der Waals surface area contributed by atoms with E-state index in [0.29, 0.717) is 12.8 Å². The van der Waals surface area contributed by atoms with Crippen molar-refractivity contribution in [3.63, 3.8) is 0 Å². The van der Waals surface area contributed by atoms with Crippen LogP contribution in [0.25, 0.3) is 0 Å². The van der Waals surface area contributed by atoms with E-state index in [0.717, 1.165) is 10.5 Å². The zero-order chi connectivity index (χ0) is 56.3. The second-order valence-corrected chi connectivity index (χ2v) is 20.5. The van der Waals surface area contributed by atoms with Crippen molar-refractivity contribution in [2.45, 2.75) is 173 Å². The van der Waals surface area contributed by atoms with E-state index in [4.69, 9.17) is 17.2 Å². The van der Waals surface area contributed by atoms with E-state index < -0.39 is 132 Å². The summed E-state index contributed by atoms with van der Waals surface area (Å²) in [6.45, 7) is 11.7. The number of aliphatic imine (C=N–C) groups is 1. The van der Waals surface area contributed by atoms with E-state index in [2.05, 4.69) is 36.9 Å². The molecule has 2 aliphatic heterocycles. The summed E-state index contributed by atoms with van der Waals surface area (Å²) in [6.07, 6.45) is -0.929. The molecule has 15 N–H and O–H groups in total. The maximum atomic E-state index is 14.6. The number of carbonyl (C=O) groups is 10. The zero-order valence-electron chi connectivity index (χ0n) is 44.1. The van der Waals surface area contributed by atoms with Crippen LogP contribution < -0.4 is 49.1 Å². The summed E-state index contributed by atoms with van der Waals surface area (Å²) in [5, 5.41) is 45.3. The minimum Gasteiger partial charge on any atom is -0.481 e. The van der Waals surface area contributed by atoms with Crippen LogP contribution in [-0.4, -0.2) is 170 Å². The van der Waals surface area contributed by atoms with Gasteiger partial charge in [0.1, 0.15) is 48.3 Å². The molecule has 25 heteroatoms. The van der Waals surface area contributed by atoms with Crippen LogP contribution >= 0.6 is 0 Å². The van der Waals surface area contributed by atoms with Crippen LogP contribution in [0.1, 0.15) is 112 Å². The van der Waals surface area contributed by atoms with Gasteiger partial charge in [0.05, 0.1) is 18.6 Å². The molecule has 0 spiro atoms. The molecule has 0 saturated carbocycles. The summed E-state index contributed by atoms with van der Waals surface area (Å²) in [4.78, 5) is 142. The first-order valence-electron chi connectivity index (χ1n) is 25.6. The first-order valence-corrected chi connectivity index (χ1v) is 25.6. The summed E-state index contributed by atoms with van der Waals surface area (Å²) in [7, 11) is 0. The second kappa shape index (κ2) is 29.9. The van der Waals surface area contributed by atoms with Gasteiger partial charge in [-0.2, -0.15) is 0 Å². The third-order valence-corrected chi connectivity index (χ3v) is 12.8. The number of hydrogen-bond acceptors (Lipinski definition) is 13. The summed E-state index contributed by atoms with van der Waals surface area (Å²) < 4.78 is 0. The number of benzene rings is 1. The van der Waals surface area contributed by atoms with Crippen LogP contribution in [0.15, 0.2) is 35.3 Å². The van der Waals surface area contributed by atoms with Crippen molar-refractivity contribution in [1.82, 2.24) is 41.7 Å². The molecule has 10 unspecified atom stereocenters. The van der Waals surface area contributed by atoms with Crippen LogP contribution in [0.3, 0.4) is 0 Å². The van der Waals surface area contributed by atoms with E-state index >= 15 is 0 Å². The topological polar surface area (TPSA) is 400 Å². The van der Waals surface area contributed by atoms with Crippen molar-refractivity contribution in [3.05, 3.63) is 35.9 Å². The Morgan fingerprint density at radius 3 is 1.60 bits per heavy atom. The van der Waals surface area contributed by atoms with E-state index in [1.54, 1.807) is 52.0 Å². The number of aliphatic hydroxyl groups excluding tert-OH is 1. The first-order chi connectivity index (χ1) is 35.2. The monoisotopic (exact) mass is 1060 g/mol. The molecule has 1 aromatic rings. The number of guanidine groups is 1. The fraction of sp³-hybridized carbons (Fsp3) is 0.660. The van der Waals surface area contributed by atoms with Gasteiger partial charge in [0, 0.05) is 19.6 Å².